The molecule has 0 heterocycles. The first-order chi connectivity index (χ1) is 12.9. The Morgan fingerprint density at radius 3 is 2.59 bits per heavy atom. The summed E-state index contributed by atoms with van der Waals surface area (Å²) in [5.41, 5.74) is 0.356. The van der Waals surface area contributed by atoms with Gasteiger partial charge in [-0.15, -0.1) is 6.58 Å². The van der Waals surface area contributed by atoms with Gasteiger partial charge in [0.25, 0.3) is 11.8 Å². The summed E-state index contributed by atoms with van der Waals surface area (Å²) in [5.74, 6) is -0.919. The molecule has 0 spiro atoms. The van der Waals surface area contributed by atoms with Crippen LogP contribution in [0.3, 0.4) is 0 Å². The second-order valence-electron chi connectivity index (χ2n) is 5.52. The monoisotopic (exact) mass is 369 g/mol. The van der Waals surface area contributed by atoms with Gasteiger partial charge in [0.2, 0.25) is 0 Å². The number of ether oxygens (including phenoxy) is 1. The predicted molar refractivity (Wildman–Crippen MR) is 101 cm³/mol. The van der Waals surface area contributed by atoms with Crippen LogP contribution < -0.4 is 15.4 Å². The Labute approximate surface area is 156 Å². The van der Waals surface area contributed by atoms with Crippen molar-refractivity contribution in [3.63, 3.8) is 0 Å². The fraction of sp³-hybridized carbons (Fsp3) is 0.158. The largest absolute Gasteiger partial charge is 0.474 e. The van der Waals surface area contributed by atoms with E-state index in [1.807, 2.05) is 0 Å². The molecular weight excluding hydrogens is 350 g/mol. The summed E-state index contributed by atoms with van der Waals surface area (Å²) in [6.07, 6.45) is 0.525. The zero-order valence-corrected chi connectivity index (χ0v) is 14.7. The molecule has 0 bridgehead atoms. The Balaban J connectivity index is 2.13. The van der Waals surface area contributed by atoms with Crippen molar-refractivity contribution in [2.75, 3.05) is 11.9 Å². The van der Waals surface area contributed by atoms with Crippen LogP contribution in [0.4, 0.5) is 11.4 Å². The van der Waals surface area contributed by atoms with Gasteiger partial charge in [-0.05, 0) is 25.1 Å². The second kappa shape index (κ2) is 9.14. The number of anilines is 1. The molecule has 0 saturated heterocycles. The Hall–Kier alpha value is -3.68. The van der Waals surface area contributed by atoms with Crippen LogP contribution in [0, 0.1) is 10.1 Å². The molecule has 8 heteroatoms. The molecule has 2 amide bonds. The maximum absolute atomic E-state index is 12.4. The molecule has 1 atom stereocenters. The number of nitrogens with zero attached hydrogens (tertiary/aromatic N) is 1. The van der Waals surface area contributed by atoms with E-state index in [0.717, 1.165) is 0 Å². The third-order valence-electron chi connectivity index (χ3n) is 3.57. The molecule has 0 saturated carbocycles. The number of carbonyl (C=O) groups excluding carboxylic acids is 2. The molecule has 0 aliphatic heterocycles. The summed E-state index contributed by atoms with van der Waals surface area (Å²) in [6.45, 7) is 5.29. The van der Waals surface area contributed by atoms with Gasteiger partial charge in [0, 0.05) is 12.6 Å². The van der Waals surface area contributed by atoms with Crippen molar-refractivity contribution in [1.29, 1.82) is 0 Å². The lowest BCUT2D eigenvalue weighted by atomic mass is 10.1. The Morgan fingerprint density at radius 2 is 1.89 bits per heavy atom. The van der Waals surface area contributed by atoms with Gasteiger partial charge in [0.05, 0.1) is 16.2 Å². The van der Waals surface area contributed by atoms with Crippen LogP contribution in [0.25, 0.3) is 0 Å². The molecule has 0 aliphatic rings. The van der Waals surface area contributed by atoms with Crippen LogP contribution >= 0.6 is 0 Å². The molecule has 140 valence electrons. The van der Waals surface area contributed by atoms with Gasteiger partial charge in [-0.2, -0.15) is 0 Å². The maximum Gasteiger partial charge on any atom is 0.310 e. The average molecular weight is 369 g/mol. The van der Waals surface area contributed by atoms with E-state index in [1.54, 1.807) is 36.4 Å². The number of hydrogen-bond acceptors (Lipinski definition) is 5. The Bertz CT molecular complexity index is 866. The highest BCUT2D eigenvalue weighted by Gasteiger charge is 2.22. The minimum atomic E-state index is -1.02. The van der Waals surface area contributed by atoms with Crippen molar-refractivity contribution in [2.24, 2.45) is 0 Å². The van der Waals surface area contributed by atoms with Gasteiger partial charge in [-0.1, -0.05) is 30.3 Å². The van der Waals surface area contributed by atoms with Crippen LogP contribution in [0.15, 0.2) is 61.2 Å². The number of rotatable bonds is 8. The normalized spacial score (nSPS) is 11.1. The number of para-hydroxylation sites is 3. The molecule has 2 rings (SSSR count). The van der Waals surface area contributed by atoms with E-state index in [4.69, 9.17) is 4.74 Å². The molecule has 0 fully saturated rings. The molecule has 27 heavy (non-hydrogen) atoms. The number of benzene rings is 2. The molecule has 2 N–H and O–H groups in total. The van der Waals surface area contributed by atoms with Crippen molar-refractivity contribution in [3.8, 4) is 5.75 Å². The highest BCUT2D eigenvalue weighted by molar-refractivity contribution is 6.04. The first-order valence-electron chi connectivity index (χ1n) is 8.13. The standard InChI is InChI=1S/C19H19N3O5/c1-3-12-20-19(24)14-8-4-5-9-15(14)21-18(23)13(2)27-17-11-7-6-10-16(17)22(25)26/h3-11,13H,1,12H2,2H3,(H,20,24)(H,21,23)/t13-/m1/s1. The van der Waals surface area contributed by atoms with Crippen molar-refractivity contribution in [3.05, 3.63) is 76.9 Å². The first-order valence-corrected chi connectivity index (χ1v) is 8.13. The average Bonchev–Trinajstić information content (AvgIpc) is 2.66. The van der Waals surface area contributed by atoms with E-state index in [1.165, 1.54) is 25.1 Å². The smallest absolute Gasteiger partial charge is 0.310 e. The van der Waals surface area contributed by atoms with Crippen LogP contribution in [0.1, 0.15) is 17.3 Å². The third-order valence-corrected chi connectivity index (χ3v) is 3.57. The van der Waals surface area contributed by atoms with E-state index in [0.29, 0.717) is 5.69 Å². The summed E-state index contributed by atoms with van der Waals surface area (Å²) in [7, 11) is 0. The zero-order valence-electron chi connectivity index (χ0n) is 14.7. The SMILES string of the molecule is C=CCNC(=O)c1ccccc1NC(=O)[C@@H](C)Oc1ccccc1[N+](=O)[O-]. The summed E-state index contributed by atoms with van der Waals surface area (Å²) >= 11 is 0. The van der Waals surface area contributed by atoms with Gasteiger partial charge in [-0.3, -0.25) is 19.7 Å². The summed E-state index contributed by atoms with van der Waals surface area (Å²) < 4.78 is 5.44. The molecule has 0 aliphatic carbocycles. The molecule has 2 aromatic rings. The lowest BCUT2D eigenvalue weighted by molar-refractivity contribution is -0.386. The van der Waals surface area contributed by atoms with Crippen LogP contribution in [-0.2, 0) is 4.79 Å². The van der Waals surface area contributed by atoms with E-state index in [2.05, 4.69) is 17.2 Å². The summed E-state index contributed by atoms with van der Waals surface area (Å²) in [4.78, 5) is 35.1. The van der Waals surface area contributed by atoms with E-state index < -0.39 is 16.9 Å². The fourth-order valence-corrected chi connectivity index (χ4v) is 2.24. The van der Waals surface area contributed by atoms with Crippen LogP contribution in [0.5, 0.6) is 5.75 Å². The Kier molecular flexibility index (Phi) is 6.65. The molecule has 0 unspecified atom stereocenters. The van der Waals surface area contributed by atoms with Gasteiger partial charge >= 0.3 is 5.69 Å². The fourth-order valence-electron chi connectivity index (χ4n) is 2.24. The maximum atomic E-state index is 12.4. The topological polar surface area (TPSA) is 111 Å². The Morgan fingerprint density at radius 1 is 1.22 bits per heavy atom. The number of nitro groups is 1. The van der Waals surface area contributed by atoms with E-state index in [-0.39, 0.29) is 29.5 Å². The van der Waals surface area contributed by atoms with Crippen molar-refractivity contribution < 1.29 is 19.2 Å². The summed E-state index contributed by atoms with van der Waals surface area (Å²) in [5, 5.41) is 16.3. The first kappa shape index (κ1) is 19.6. The molecule has 8 nitrogen and oxygen atoms in total. The number of amides is 2. The highest BCUT2D eigenvalue weighted by atomic mass is 16.6. The van der Waals surface area contributed by atoms with Crippen molar-refractivity contribution in [1.82, 2.24) is 5.32 Å². The van der Waals surface area contributed by atoms with Crippen LogP contribution in [-0.4, -0.2) is 29.4 Å². The predicted octanol–water partition coefficient (Wildman–Crippen LogP) is 2.92. The number of nitro benzene ring substituents is 1. The molecular formula is C19H19N3O5. The second-order valence-corrected chi connectivity index (χ2v) is 5.52. The van der Waals surface area contributed by atoms with Gasteiger partial charge in [0.15, 0.2) is 11.9 Å². The van der Waals surface area contributed by atoms with Gasteiger partial charge < -0.3 is 15.4 Å². The van der Waals surface area contributed by atoms with Gasteiger partial charge in [0.1, 0.15) is 0 Å². The van der Waals surface area contributed by atoms with Gasteiger partial charge in [-0.25, -0.2) is 0 Å². The minimum absolute atomic E-state index is 0.0119. The molecule has 0 radical (unpaired) electrons. The van der Waals surface area contributed by atoms with Crippen molar-refractivity contribution >= 4 is 23.2 Å². The lowest BCUT2D eigenvalue weighted by Crippen LogP contribution is -2.32. The molecule has 0 aromatic heterocycles. The minimum Gasteiger partial charge on any atom is -0.474 e. The molecule has 2 aromatic carbocycles. The number of carbonyl (C=O) groups is 2. The number of hydrogen-bond donors (Lipinski definition) is 2. The van der Waals surface area contributed by atoms with Crippen LogP contribution in [0.2, 0.25) is 0 Å². The quantitative estimate of drug-likeness (QED) is 0.422. The number of nitrogens with one attached hydrogen (secondary N) is 2. The van der Waals surface area contributed by atoms with E-state index >= 15 is 0 Å². The zero-order chi connectivity index (χ0) is 19.8. The highest BCUT2D eigenvalue weighted by Crippen LogP contribution is 2.27. The summed E-state index contributed by atoms with van der Waals surface area (Å²) in [6, 6.07) is 12.3. The van der Waals surface area contributed by atoms with E-state index in [9.17, 15) is 19.7 Å². The van der Waals surface area contributed by atoms with Crippen molar-refractivity contribution in [2.45, 2.75) is 13.0 Å². The third kappa shape index (κ3) is 5.15. The lowest BCUT2D eigenvalue weighted by Gasteiger charge is -2.16.